The summed E-state index contributed by atoms with van der Waals surface area (Å²) >= 11 is 1.39. The van der Waals surface area contributed by atoms with Gasteiger partial charge in [-0.05, 0) is 45.4 Å². The number of hydrogen-bond acceptors (Lipinski definition) is 6. The minimum absolute atomic E-state index is 0.242. The summed E-state index contributed by atoms with van der Waals surface area (Å²) in [6.07, 6.45) is 4.08. The van der Waals surface area contributed by atoms with Crippen molar-refractivity contribution < 1.29 is 9.21 Å². The standard InChI is InChI=1S/C18H21N5O2S/c1-11-8-14(12(2)25-11)16-10-26-18(20-16)21-17(24)15-5-7-23(22-15)13-4-3-6-19-9-13/h5,7-8,10,13,19H,3-4,6,9H2,1-2H3,(H,20,21,24). The highest BCUT2D eigenvalue weighted by Crippen LogP contribution is 2.29. The number of rotatable bonds is 4. The number of thiazole rings is 1. The van der Waals surface area contributed by atoms with Gasteiger partial charge in [0, 0.05) is 23.7 Å². The van der Waals surface area contributed by atoms with Crippen LogP contribution in [0, 0.1) is 13.8 Å². The maximum Gasteiger partial charge on any atom is 0.277 e. The van der Waals surface area contributed by atoms with Crippen LogP contribution in [0.15, 0.2) is 28.1 Å². The van der Waals surface area contributed by atoms with Gasteiger partial charge >= 0.3 is 0 Å². The largest absolute Gasteiger partial charge is 0.466 e. The number of aryl methyl sites for hydroxylation is 2. The molecule has 4 heterocycles. The molecular formula is C18H21N5O2S. The van der Waals surface area contributed by atoms with Gasteiger partial charge in [-0.25, -0.2) is 4.98 Å². The number of carbonyl (C=O) groups is 1. The van der Waals surface area contributed by atoms with E-state index >= 15 is 0 Å². The van der Waals surface area contributed by atoms with Crippen molar-refractivity contribution in [1.82, 2.24) is 20.1 Å². The highest BCUT2D eigenvalue weighted by Gasteiger charge is 2.19. The SMILES string of the molecule is Cc1cc(-c2csc(NC(=O)c3ccn(C4CCCNC4)n3)n2)c(C)o1. The lowest BCUT2D eigenvalue weighted by molar-refractivity contribution is 0.102. The van der Waals surface area contributed by atoms with Crippen LogP contribution >= 0.6 is 11.3 Å². The van der Waals surface area contributed by atoms with Crippen molar-refractivity contribution in [2.75, 3.05) is 18.4 Å². The molecule has 1 amide bonds. The quantitative estimate of drug-likeness (QED) is 0.734. The van der Waals surface area contributed by atoms with Crippen molar-refractivity contribution >= 4 is 22.4 Å². The van der Waals surface area contributed by atoms with Crippen LogP contribution in [0.5, 0.6) is 0 Å². The van der Waals surface area contributed by atoms with Crippen LogP contribution in [0.25, 0.3) is 11.3 Å². The minimum atomic E-state index is -0.242. The highest BCUT2D eigenvalue weighted by molar-refractivity contribution is 7.14. The number of aromatic nitrogens is 3. The highest BCUT2D eigenvalue weighted by atomic mass is 32.1. The molecule has 7 nitrogen and oxygen atoms in total. The first-order valence-electron chi connectivity index (χ1n) is 8.70. The maximum absolute atomic E-state index is 12.5. The van der Waals surface area contributed by atoms with E-state index in [9.17, 15) is 4.79 Å². The van der Waals surface area contributed by atoms with Crippen molar-refractivity contribution in [2.24, 2.45) is 0 Å². The van der Waals surface area contributed by atoms with Crippen LogP contribution in [0.4, 0.5) is 5.13 Å². The van der Waals surface area contributed by atoms with Gasteiger partial charge in [-0.3, -0.25) is 14.8 Å². The van der Waals surface area contributed by atoms with Crippen LogP contribution in [-0.2, 0) is 0 Å². The summed E-state index contributed by atoms with van der Waals surface area (Å²) in [5.74, 6) is 1.43. The molecule has 3 aromatic heterocycles. The van der Waals surface area contributed by atoms with Gasteiger partial charge in [0.1, 0.15) is 11.5 Å². The lowest BCUT2D eigenvalue weighted by atomic mass is 10.1. The number of nitrogens with zero attached hydrogens (tertiary/aromatic N) is 3. The predicted molar refractivity (Wildman–Crippen MR) is 101 cm³/mol. The van der Waals surface area contributed by atoms with Gasteiger partial charge in [0.05, 0.1) is 11.7 Å². The van der Waals surface area contributed by atoms with Crippen molar-refractivity contribution in [2.45, 2.75) is 32.7 Å². The summed E-state index contributed by atoms with van der Waals surface area (Å²) in [5.41, 5.74) is 2.16. The summed E-state index contributed by atoms with van der Waals surface area (Å²) in [6.45, 7) is 5.76. The maximum atomic E-state index is 12.5. The fourth-order valence-corrected chi connectivity index (χ4v) is 3.93. The fraction of sp³-hybridized carbons (Fsp3) is 0.389. The van der Waals surface area contributed by atoms with Gasteiger partial charge in [-0.15, -0.1) is 11.3 Å². The number of carbonyl (C=O) groups excluding carboxylic acids is 1. The molecule has 26 heavy (non-hydrogen) atoms. The van der Waals surface area contributed by atoms with Gasteiger partial charge in [0.15, 0.2) is 10.8 Å². The topological polar surface area (TPSA) is 85.0 Å². The van der Waals surface area contributed by atoms with Crippen molar-refractivity contribution in [3.63, 3.8) is 0 Å². The molecular weight excluding hydrogens is 350 g/mol. The second-order valence-corrected chi connectivity index (χ2v) is 7.36. The zero-order valence-corrected chi connectivity index (χ0v) is 15.6. The zero-order chi connectivity index (χ0) is 18.1. The number of hydrogen-bond donors (Lipinski definition) is 2. The van der Waals surface area contributed by atoms with Gasteiger partial charge in [-0.1, -0.05) is 0 Å². The van der Waals surface area contributed by atoms with Crippen LogP contribution in [0.2, 0.25) is 0 Å². The average Bonchev–Trinajstić information content (AvgIpc) is 3.35. The van der Waals surface area contributed by atoms with E-state index in [0.717, 1.165) is 48.7 Å². The summed E-state index contributed by atoms with van der Waals surface area (Å²) in [4.78, 5) is 17.0. The van der Waals surface area contributed by atoms with E-state index in [1.54, 1.807) is 6.07 Å². The first kappa shape index (κ1) is 17.0. The molecule has 1 saturated heterocycles. The minimum Gasteiger partial charge on any atom is -0.466 e. The normalized spacial score (nSPS) is 17.4. The number of piperidine rings is 1. The summed E-state index contributed by atoms with van der Waals surface area (Å²) < 4.78 is 7.43. The van der Waals surface area contributed by atoms with E-state index in [1.807, 2.05) is 36.2 Å². The van der Waals surface area contributed by atoms with Gasteiger partial charge in [0.2, 0.25) is 0 Å². The molecule has 8 heteroatoms. The monoisotopic (exact) mass is 371 g/mol. The molecule has 136 valence electrons. The zero-order valence-electron chi connectivity index (χ0n) is 14.8. The third kappa shape index (κ3) is 3.42. The van der Waals surface area contributed by atoms with Crippen molar-refractivity contribution in [3.05, 3.63) is 40.9 Å². The Labute approximate surface area is 155 Å². The summed E-state index contributed by atoms with van der Waals surface area (Å²) in [6, 6.07) is 4.02. The number of anilines is 1. The lowest BCUT2D eigenvalue weighted by Crippen LogP contribution is -2.32. The molecule has 0 bridgehead atoms. The van der Waals surface area contributed by atoms with Crippen LogP contribution in [0.3, 0.4) is 0 Å². The van der Waals surface area contributed by atoms with E-state index < -0.39 is 0 Å². The summed E-state index contributed by atoms with van der Waals surface area (Å²) in [7, 11) is 0. The van der Waals surface area contributed by atoms with E-state index in [0.29, 0.717) is 16.9 Å². The lowest BCUT2D eigenvalue weighted by Gasteiger charge is -2.22. The molecule has 4 rings (SSSR count). The van der Waals surface area contributed by atoms with Crippen LogP contribution in [0.1, 0.15) is 40.9 Å². The van der Waals surface area contributed by atoms with Gasteiger partial charge in [0.25, 0.3) is 5.91 Å². The van der Waals surface area contributed by atoms with Crippen molar-refractivity contribution in [1.29, 1.82) is 0 Å². The average molecular weight is 371 g/mol. The number of nitrogens with one attached hydrogen (secondary N) is 2. The fourth-order valence-electron chi connectivity index (χ4n) is 3.22. The van der Waals surface area contributed by atoms with Gasteiger partial charge < -0.3 is 9.73 Å². The van der Waals surface area contributed by atoms with E-state index in [-0.39, 0.29) is 5.91 Å². The second-order valence-electron chi connectivity index (χ2n) is 6.50. The van der Waals surface area contributed by atoms with Crippen molar-refractivity contribution in [3.8, 4) is 11.3 Å². The third-order valence-corrected chi connectivity index (χ3v) is 5.29. The Balaban J connectivity index is 1.45. The Morgan fingerprint density at radius 3 is 3.08 bits per heavy atom. The summed E-state index contributed by atoms with van der Waals surface area (Å²) in [5, 5.41) is 13.1. The third-order valence-electron chi connectivity index (χ3n) is 4.53. The molecule has 0 aliphatic carbocycles. The molecule has 1 atom stereocenters. The molecule has 0 saturated carbocycles. The van der Waals surface area contributed by atoms with Gasteiger partial charge in [-0.2, -0.15) is 5.10 Å². The van der Waals surface area contributed by atoms with Crippen LogP contribution < -0.4 is 10.6 Å². The molecule has 1 unspecified atom stereocenters. The molecule has 1 fully saturated rings. The Bertz CT molecular complexity index is 920. The molecule has 0 aromatic carbocycles. The Morgan fingerprint density at radius 1 is 1.46 bits per heavy atom. The second kappa shape index (κ2) is 7.05. The molecule has 0 spiro atoms. The Hall–Kier alpha value is -2.45. The molecule has 0 radical (unpaired) electrons. The number of furan rings is 1. The first-order chi connectivity index (χ1) is 12.6. The van der Waals surface area contributed by atoms with E-state index in [1.165, 1.54) is 11.3 Å². The first-order valence-corrected chi connectivity index (χ1v) is 9.58. The number of amides is 1. The van der Waals surface area contributed by atoms with E-state index in [4.69, 9.17) is 4.42 Å². The molecule has 2 N–H and O–H groups in total. The smallest absolute Gasteiger partial charge is 0.277 e. The Morgan fingerprint density at radius 2 is 2.35 bits per heavy atom. The van der Waals surface area contributed by atoms with E-state index in [2.05, 4.69) is 20.7 Å². The predicted octanol–water partition coefficient (Wildman–Crippen LogP) is 3.39. The van der Waals surface area contributed by atoms with Crippen LogP contribution in [-0.4, -0.2) is 33.8 Å². The Kier molecular flexibility index (Phi) is 4.60. The molecule has 1 aliphatic heterocycles. The molecule has 3 aromatic rings. The molecule has 1 aliphatic rings.